The van der Waals surface area contributed by atoms with Gasteiger partial charge in [-0.3, -0.25) is 0 Å². The number of pyridine rings is 1. The van der Waals surface area contributed by atoms with E-state index in [0.29, 0.717) is 10.3 Å². The fourth-order valence-corrected chi connectivity index (χ4v) is 1.64. The Morgan fingerprint density at radius 2 is 1.92 bits per heavy atom. The molecule has 12 heavy (non-hydrogen) atoms. The molecule has 0 aliphatic heterocycles. The molecule has 0 saturated carbocycles. The highest BCUT2D eigenvalue weighted by Crippen LogP contribution is 2.00. The van der Waals surface area contributed by atoms with Crippen molar-refractivity contribution in [2.24, 2.45) is 0 Å². The van der Waals surface area contributed by atoms with Crippen LogP contribution in [0.5, 0.6) is 0 Å². The largest absolute Gasteiger partial charge is 0.619 e. The Labute approximate surface area is 71.0 Å². The Bertz CT molecular complexity index is 355. The highest BCUT2D eigenvalue weighted by molar-refractivity contribution is 7.89. The van der Waals surface area contributed by atoms with Gasteiger partial charge >= 0.3 is 0 Å². The molecule has 1 rings (SSSR count). The summed E-state index contributed by atoms with van der Waals surface area (Å²) in [5.41, 5.74) is 0.629. The molecule has 0 saturated heterocycles. The molecule has 0 fully saturated rings. The van der Waals surface area contributed by atoms with E-state index in [1.807, 2.05) is 0 Å². The Morgan fingerprint density at radius 3 is 2.33 bits per heavy atom. The summed E-state index contributed by atoms with van der Waals surface area (Å²) in [4.78, 5) is 0. The molecule has 66 valence electrons. The molecule has 0 atom stereocenters. The van der Waals surface area contributed by atoms with Crippen LogP contribution in [-0.2, 0) is 15.6 Å². The highest BCUT2D eigenvalue weighted by atomic mass is 32.2. The number of nitrogens with zero attached hydrogens (tertiary/aromatic N) is 1. The third kappa shape index (κ3) is 2.87. The molecule has 0 N–H and O–H groups in total. The lowest BCUT2D eigenvalue weighted by Crippen LogP contribution is -2.23. The molecule has 0 bridgehead atoms. The van der Waals surface area contributed by atoms with E-state index in [9.17, 15) is 13.6 Å². The maximum Gasteiger partial charge on any atom is 0.180 e. The lowest BCUT2D eigenvalue weighted by Gasteiger charge is -1.98. The van der Waals surface area contributed by atoms with Gasteiger partial charge < -0.3 is 5.21 Å². The lowest BCUT2D eigenvalue weighted by molar-refractivity contribution is -0.605. The van der Waals surface area contributed by atoms with E-state index < -0.39 is 9.84 Å². The maximum absolute atomic E-state index is 10.8. The van der Waals surface area contributed by atoms with Gasteiger partial charge in [0.15, 0.2) is 22.2 Å². The molecule has 5 heteroatoms. The van der Waals surface area contributed by atoms with Gasteiger partial charge in [-0.15, -0.1) is 0 Å². The summed E-state index contributed by atoms with van der Waals surface area (Å²) in [7, 11) is -3.00. The van der Waals surface area contributed by atoms with Crippen molar-refractivity contribution in [1.82, 2.24) is 0 Å². The van der Waals surface area contributed by atoms with Crippen LogP contribution in [-0.4, -0.2) is 14.7 Å². The summed E-state index contributed by atoms with van der Waals surface area (Å²) in [5.74, 6) is -0.0200. The molecular formula is C7H9NO3S. The molecule has 0 aliphatic carbocycles. The fourth-order valence-electron chi connectivity index (χ4n) is 0.843. The van der Waals surface area contributed by atoms with Gasteiger partial charge in [-0.25, -0.2) is 8.42 Å². The first kappa shape index (κ1) is 8.99. The van der Waals surface area contributed by atoms with Crippen LogP contribution in [0.3, 0.4) is 0 Å². The quantitative estimate of drug-likeness (QED) is 0.478. The Hall–Kier alpha value is -1.10. The standard InChI is InChI=1S/C7H9NO3S/c1-12(10,11)6-7-2-4-8(9)5-3-7/h2-5H,6H2,1H3. The number of rotatable bonds is 2. The van der Waals surface area contributed by atoms with Gasteiger partial charge in [0.1, 0.15) is 0 Å². The monoisotopic (exact) mass is 187 g/mol. The molecule has 0 amide bonds. The van der Waals surface area contributed by atoms with Crippen LogP contribution in [0.1, 0.15) is 5.56 Å². The average molecular weight is 187 g/mol. The van der Waals surface area contributed by atoms with Gasteiger partial charge in [0, 0.05) is 18.4 Å². The average Bonchev–Trinajstić information content (AvgIpc) is 1.91. The van der Waals surface area contributed by atoms with E-state index in [1.54, 1.807) is 0 Å². The zero-order chi connectivity index (χ0) is 9.19. The minimum atomic E-state index is -3.00. The molecule has 0 radical (unpaired) electrons. The number of hydrogen-bond donors (Lipinski definition) is 0. The van der Waals surface area contributed by atoms with Crippen LogP contribution >= 0.6 is 0 Å². The second-order valence-electron chi connectivity index (χ2n) is 2.64. The second-order valence-corrected chi connectivity index (χ2v) is 4.78. The highest BCUT2D eigenvalue weighted by Gasteiger charge is 2.04. The predicted octanol–water partition coefficient (Wildman–Crippen LogP) is -0.135. The fraction of sp³-hybridized carbons (Fsp3) is 0.286. The minimum absolute atomic E-state index is 0.0200. The zero-order valence-corrected chi connectivity index (χ0v) is 7.41. The van der Waals surface area contributed by atoms with Gasteiger partial charge in [0.25, 0.3) is 0 Å². The lowest BCUT2D eigenvalue weighted by atomic mass is 10.3. The zero-order valence-electron chi connectivity index (χ0n) is 6.60. The Balaban J connectivity index is 2.85. The van der Waals surface area contributed by atoms with E-state index in [0.717, 1.165) is 6.26 Å². The van der Waals surface area contributed by atoms with Gasteiger partial charge in [0.2, 0.25) is 0 Å². The van der Waals surface area contributed by atoms with E-state index in [4.69, 9.17) is 0 Å². The van der Waals surface area contributed by atoms with Crippen molar-refractivity contribution in [3.8, 4) is 0 Å². The van der Waals surface area contributed by atoms with E-state index in [-0.39, 0.29) is 5.75 Å². The van der Waals surface area contributed by atoms with E-state index in [2.05, 4.69) is 0 Å². The van der Waals surface area contributed by atoms with Gasteiger partial charge in [-0.2, -0.15) is 4.73 Å². The molecule has 0 spiro atoms. The van der Waals surface area contributed by atoms with Crippen molar-refractivity contribution >= 4 is 9.84 Å². The van der Waals surface area contributed by atoms with E-state index in [1.165, 1.54) is 24.5 Å². The smallest absolute Gasteiger partial charge is 0.180 e. The third-order valence-corrected chi connectivity index (χ3v) is 2.16. The summed E-state index contributed by atoms with van der Waals surface area (Å²) < 4.78 is 22.2. The van der Waals surface area contributed by atoms with Gasteiger partial charge in [-0.1, -0.05) is 0 Å². The second kappa shape index (κ2) is 3.10. The van der Waals surface area contributed by atoms with Gasteiger partial charge in [-0.05, 0) is 5.56 Å². The normalized spacial score (nSPS) is 11.4. The topological polar surface area (TPSA) is 61.1 Å². The van der Waals surface area contributed by atoms with Gasteiger partial charge in [0.05, 0.1) is 5.75 Å². The predicted molar refractivity (Wildman–Crippen MR) is 43.9 cm³/mol. The maximum atomic E-state index is 10.8. The summed E-state index contributed by atoms with van der Waals surface area (Å²) in [6.45, 7) is 0. The summed E-state index contributed by atoms with van der Waals surface area (Å²) in [6, 6.07) is 2.99. The van der Waals surface area contributed by atoms with Crippen molar-refractivity contribution < 1.29 is 13.1 Å². The van der Waals surface area contributed by atoms with Crippen molar-refractivity contribution in [2.45, 2.75) is 5.75 Å². The van der Waals surface area contributed by atoms with Crippen molar-refractivity contribution in [3.05, 3.63) is 35.3 Å². The molecule has 0 unspecified atom stereocenters. The van der Waals surface area contributed by atoms with Crippen LogP contribution in [0.4, 0.5) is 0 Å². The Morgan fingerprint density at radius 1 is 1.42 bits per heavy atom. The molecule has 1 aromatic rings. The van der Waals surface area contributed by atoms with E-state index >= 15 is 0 Å². The van der Waals surface area contributed by atoms with Crippen LogP contribution in [0.25, 0.3) is 0 Å². The van der Waals surface area contributed by atoms with Crippen molar-refractivity contribution in [1.29, 1.82) is 0 Å². The number of aromatic nitrogens is 1. The SMILES string of the molecule is CS(=O)(=O)Cc1cc[n+]([O-])cc1. The molecule has 4 nitrogen and oxygen atoms in total. The molecular weight excluding hydrogens is 178 g/mol. The molecule has 1 aromatic heterocycles. The Kier molecular flexibility index (Phi) is 2.32. The molecule has 0 aliphatic rings. The third-order valence-electron chi connectivity index (χ3n) is 1.30. The summed E-state index contributed by atoms with van der Waals surface area (Å²) in [5, 5.41) is 10.6. The first-order valence-electron chi connectivity index (χ1n) is 3.33. The van der Waals surface area contributed by atoms with Crippen LogP contribution in [0.15, 0.2) is 24.5 Å². The minimum Gasteiger partial charge on any atom is -0.619 e. The van der Waals surface area contributed by atoms with Crippen molar-refractivity contribution in [3.63, 3.8) is 0 Å². The van der Waals surface area contributed by atoms with Crippen LogP contribution < -0.4 is 4.73 Å². The summed E-state index contributed by atoms with van der Waals surface area (Å²) in [6.07, 6.45) is 3.71. The summed E-state index contributed by atoms with van der Waals surface area (Å²) >= 11 is 0. The van der Waals surface area contributed by atoms with Crippen LogP contribution in [0.2, 0.25) is 0 Å². The van der Waals surface area contributed by atoms with Crippen LogP contribution in [0, 0.1) is 5.21 Å². The number of hydrogen-bond acceptors (Lipinski definition) is 3. The first-order valence-corrected chi connectivity index (χ1v) is 5.39. The first-order chi connectivity index (χ1) is 5.47. The van der Waals surface area contributed by atoms with Crippen molar-refractivity contribution in [2.75, 3.05) is 6.26 Å². The number of sulfone groups is 1. The molecule has 0 aromatic carbocycles. The molecule has 1 heterocycles.